The smallest absolute Gasteiger partial charge is 0.115 e. The summed E-state index contributed by atoms with van der Waals surface area (Å²) in [6.45, 7) is 3.05. The molecule has 0 aromatic carbocycles. The molecule has 42 valence electrons. The van der Waals surface area contributed by atoms with Gasteiger partial charge in [0.1, 0.15) is 0 Å². The van der Waals surface area contributed by atoms with Crippen LogP contribution in [0.1, 0.15) is 6.92 Å². The van der Waals surface area contributed by atoms with E-state index in [2.05, 4.69) is 31.1 Å². The maximum Gasteiger partial charge on any atom is 0.169 e. The molecule has 0 radical (unpaired) electrons. The molecule has 0 amide bonds. The van der Waals surface area contributed by atoms with Crippen LogP contribution in [0.2, 0.25) is 12.6 Å². The predicted octanol–water partition coefficient (Wildman–Crippen LogP) is 2.17. The van der Waals surface area contributed by atoms with Crippen molar-refractivity contribution < 1.29 is 0 Å². The second-order valence-corrected chi connectivity index (χ2v) is 2.22. The van der Waals surface area contributed by atoms with Crippen LogP contribution in [0.5, 0.6) is 0 Å². The number of allylic oxidation sites excluding steroid dienone is 3. The summed E-state index contributed by atoms with van der Waals surface area (Å²) in [5, 5.41) is 0. The van der Waals surface area contributed by atoms with Crippen molar-refractivity contribution in [2.75, 3.05) is 0 Å². The fourth-order valence-corrected chi connectivity index (χ4v) is 0.935. The highest BCUT2D eigenvalue weighted by Crippen LogP contribution is 2.05. The average molecular weight is 106 g/mol. The molecule has 8 heavy (non-hydrogen) atoms. The van der Waals surface area contributed by atoms with E-state index in [4.69, 9.17) is 0 Å². The molecule has 0 nitrogen and oxygen atoms in total. The zero-order chi connectivity index (χ0) is 5.82. The number of hydrogen-bond donors (Lipinski definition) is 0. The fraction of sp³-hybridized carbons (Fsp3) is 0.429. The van der Waals surface area contributed by atoms with E-state index in [1.807, 2.05) is 0 Å². The monoisotopic (exact) mass is 106 g/mol. The van der Waals surface area contributed by atoms with Crippen LogP contribution in [0.3, 0.4) is 0 Å². The molecule has 1 heterocycles. The third-order valence-electron chi connectivity index (χ3n) is 1.59. The van der Waals surface area contributed by atoms with E-state index in [1.54, 1.807) is 0 Å². The first-order chi connectivity index (χ1) is 3.93. The molecule has 0 atom stereocenters. The lowest BCUT2D eigenvalue weighted by Gasteiger charge is -2.03. The topological polar surface area (TPSA) is 0 Å². The van der Waals surface area contributed by atoms with Gasteiger partial charge in [0.15, 0.2) is 6.71 Å². The van der Waals surface area contributed by atoms with Crippen molar-refractivity contribution in [3.8, 4) is 0 Å². The van der Waals surface area contributed by atoms with Gasteiger partial charge in [-0.2, -0.15) is 0 Å². The molecular formula is C7H11B. The molecule has 0 N–H and O–H groups in total. The van der Waals surface area contributed by atoms with Gasteiger partial charge < -0.3 is 0 Å². The van der Waals surface area contributed by atoms with E-state index in [1.165, 1.54) is 12.6 Å². The van der Waals surface area contributed by atoms with Gasteiger partial charge in [0.05, 0.1) is 0 Å². The highest BCUT2D eigenvalue weighted by atomic mass is 13.8. The third kappa shape index (κ3) is 1.26. The Morgan fingerprint density at radius 1 is 1.50 bits per heavy atom. The highest BCUT2D eigenvalue weighted by Gasteiger charge is 2.04. The summed E-state index contributed by atoms with van der Waals surface area (Å²) in [6, 6.07) is 0. The van der Waals surface area contributed by atoms with E-state index in [-0.39, 0.29) is 0 Å². The maximum absolute atomic E-state index is 2.28. The SMILES string of the molecule is CCB1C=CC=CC1. The van der Waals surface area contributed by atoms with Crippen molar-refractivity contribution in [1.29, 1.82) is 0 Å². The minimum absolute atomic E-state index is 0.819. The Labute approximate surface area is 51.4 Å². The molecule has 0 saturated carbocycles. The standard InChI is InChI=1S/C7H11B/c1-2-8-6-4-3-5-7-8/h3-6H,2,7H2,1H3. The maximum atomic E-state index is 2.28. The molecule has 1 rings (SSSR count). The van der Waals surface area contributed by atoms with Gasteiger partial charge in [0.2, 0.25) is 0 Å². The van der Waals surface area contributed by atoms with Crippen LogP contribution >= 0.6 is 0 Å². The van der Waals surface area contributed by atoms with E-state index in [9.17, 15) is 0 Å². The van der Waals surface area contributed by atoms with E-state index < -0.39 is 0 Å². The first-order valence-electron chi connectivity index (χ1n) is 3.27. The van der Waals surface area contributed by atoms with Crippen LogP contribution in [-0.2, 0) is 0 Å². The molecule has 1 aliphatic heterocycles. The van der Waals surface area contributed by atoms with E-state index >= 15 is 0 Å². The quantitative estimate of drug-likeness (QED) is 0.449. The number of rotatable bonds is 1. The molecule has 0 aromatic heterocycles. The van der Waals surface area contributed by atoms with Crippen molar-refractivity contribution in [3.63, 3.8) is 0 Å². The van der Waals surface area contributed by atoms with Crippen LogP contribution in [0.4, 0.5) is 0 Å². The molecule has 1 heteroatoms. The lowest BCUT2D eigenvalue weighted by atomic mass is 9.44. The van der Waals surface area contributed by atoms with Crippen molar-refractivity contribution in [2.45, 2.75) is 19.6 Å². The Hall–Kier alpha value is -0.455. The normalized spacial score (nSPS) is 17.4. The number of hydrogen-bond acceptors (Lipinski definition) is 0. The van der Waals surface area contributed by atoms with Gasteiger partial charge in [-0.05, 0) is 0 Å². The van der Waals surface area contributed by atoms with Gasteiger partial charge in [-0.15, -0.1) is 5.98 Å². The lowest BCUT2D eigenvalue weighted by molar-refractivity contribution is 1.38. The van der Waals surface area contributed by atoms with Crippen molar-refractivity contribution in [3.05, 3.63) is 24.2 Å². The predicted molar refractivity (Wildman–Crippen MR) is 39.3 cm³/mol. The molecule has 0 aromatic rings. The van der Waals surface area contributed by atoms with Crippen LogP contribution in [0.25, 0.3) is 0 Å². The van der Waals surface area contributed by atoms with Gasteiger partial charge in [-0.3, -0.25) is 0 Å². The second kappa shape index (κ2) is 2.76. The second-order valence-electron chi connectivity index (χ2n) is 2.22. The van der Waals surface area contributed by atoms with Gasteiger partial charge in [-0.1, -0.05) is 37.8 Å². The van der Waals surface area contributed by atoms with Gasteiger partial charge >= 0.3 is 0 Å². The zero-order valence-electron chi connectivity index (χ0n) is 5.30. The Morgan fingerprint density at radius 3 is 2.75 bits per heavy atom. The van der Waals surface area contributed by atoms with Crippen molar-refractivity contribution >= 4 is 6.71 Å². The summed E-state index contributed by atoms with van der Waals surface area (Å²) < 4.78 is 0. The third-order valence-corrected chi connectivity index (χ3v) is 1.59. The van der Waals surface area contributed by atoms with Crippen LogP contribution in [0.15, 0.2) is 24.2 Å². The van der Waals surface area contributed by atoms with Crippen LogP contribution < -0.4 is 0 Å². The summed E-state index contributed by atoms with van der Waals surface area (Å²) in [7, 11) is 0. The van der Waals surface area contributed by atoms with E-state index in [0.29, 0.717) is 0 Å². The van der Waals surface area contributed by atoms with Gasteiger partial charge in [-0.25, -0.2) is 0 Å². The molecular weight excluding hydrogens is 94.9 g/mol. The highest BCUT2D eigenvalue weighted by molar-refractivity contribution is 6.64. The average Bonchev–Trinajstić information content (AvgIpc) is 1.90. The summed E-state index contributed by atoms with van der Waals surface area (Å²) >= 11 is 0. The van der Waals surface area contributed by atoms with Crippen molar-refractivity contribution in [1.82, 2.24) is 0 Å². The Kier molecular flexibility index (Phi) is 1.96. The summed E-state index contributed by atoms with van der Waals surface area (Å²) in [5.74, 6) is 2.28. The Bertz CT molecular complexity index is 114. The lowest BCUT2D eigenvalue weighted by Crippen LogP contribution is -2.06. The molecule has 0 spiro atoms. The fourth-order valence-electron chi connectivity index (χ4n) is 0.935. The summed E-state index contributed by atoms with van der Waals surface area (Å²) in [6.07, 6.45) is 9.01. The molecule has 0 aliphatic carbocycles. The van der Waals surface area contributed by atoms with Crippen molar-refractivity contribution in [2.24, 2.45) is 0 Å². The molecule has 0 saturated heterocycles. The molecule has 0 bridgehead atoms. The molecule has 0 fully saturated rings. The Morgan fingerprint density at radius 2 is 2.38 bits per heavy atom. The largest absolute Gasteiger partial charge is 0.169 e. The zero-order valence-corrected chi connectivity index (χ0v) is 5.30. The van der Waals surface area contributed by atoms with E-state index in [0.717, 1.165) is 6.71 Å². The summed E-state index contributed by atoms with van der Waals surface area (Å²) in [5.41, 5.74) is 0. The first-order valence-corrected chi connectivity index (χ1v) is 3.27. The minimum atomic E-state index is 0.819. The molecule has 1 aliphatic rings. The Balaban J connectivity index is 2.40. The summed E-state index contributed by atoms with van der Waals surface area (Å²) in [4.78, 5) is 0. The van der Waals surface area contributed by atoms with Crippen LogP contribution in [0, 0.1) is 0 Å². The van der Waals surface area contributed by atoms with Gasteiger partial charge in [0, 0.05) is 0 Å². The van der Waals surface area contributed by atoms with Gasteiger partial charge in [0.25, 0.3) is 0 Å². The molecule has 0 unspecified atom stereocenters. The first kappa shape index (κ1) is 5.68. The van der Waals surface area contributed by atoms with Crippen LogP contribution in [-0.4, -0.2) is 6.71 Å². The minimum Gasteiger partial charge on any atom is -0.115 e.